The van der Waals surface area contributed by atoms with Gasteiger partial charge < -0.3 is 9.88 Å². The van der Waals surface area contributed by atoms with Crippen LogP contribution in [0.3, 0.4) is 0 Å². The quantitative estimate of drug-likeness (QED) is 0.895. The number of rotatable bonds is 3. The van der Waals surface area contributed by atoms with Crippen molar-refractivity contribution in [1.82, 2.24) is 24.8 Å². The lowest BCUT2D eigenvalue weighted by atomic mass is 10.1. The van der Waals surface area contributed by atoms with Crippen LogP contribution in [-0.2, 0) is 13.6 Å². The van der Waals surface area contributed by atoms with E-state index in [1.165, 1.54) is 0 Å². The van der Waals surface area contributed by atoms with Gasteiger partial charge in [-0.25, -0.2) is 15.0 Å². The first kappa shape index (κ1) is 12.7. The first-order chi connectivity index (χ1) is 8.46. The van der Waals surface area contributed by atoms with E-state index in [4.69, 9.17) is 0 Å². The van der Waals surface area contributed by atoms with Crippen LogP contribution >= 0.6 is 0 Å². The monoisotopic (exact) mass is 245 g/mol. The van der Waals surface area contributed by atoms with Gasteiger partial charge in [-0.05, 0) is 26.8 Å². The Labute approximate surface area is 107 Å². The lowest BCUT2D eigenvalue weighted by molar-refractivity contribution is 0.421. The Morgan fingerprint density at radius 3 is 2.61 bits per heavy atom. The molecule has 18 heavy (non-hydrogen) atoms. The molecule has 0 spiro atoms. The predicted molar refractivity (Wildman–Crippen MR) is 70.8 cm³/mol. The second-order valence-electron chi connectivity index (χ2n) is 5.34. The van der Waals surface area contributed by atoms with E-state index in [-0.39, 0.29) is 5.54 Å². The van der Waals surface area contributed by atoms with E-state index in [1.807, 2.05) is 23.9 Å². The highest BCUT2D eigenvalue weighted by atomic mass is 15.1. The molecule has 2 rings (SSSR count). The van der Waals surface area contributed by atoms with Crippen LogP contribution in [0, 0.1) is 0 Å². The molecule has 0 fully saturated rings. The molecule has 0 aliphatic carbocycles. The minimum Gasteiger partial charge on any atom is -0.331 e. The molecule has 0 aromatic carbocycles. The maximum Gasteiger partial charge on any atom is 0.196 e. The van der Waals surface area contributed by atoms with Gasteiger partial charge in [0.25, 0.3) is 0 Å². The highest BCUT2D eigenvalue weighted by Gasteiger charge is 2.11. The highest BCUT2D eigenvalue weighted by molar-refractivity contribution is 5.43. The minimum atomic E-state index is 0.0777. The Hall–Kier alpha value is -1.75. The molecule has 5 heteroatoms. The van der Waals surface area contributed by atoms with Crippen molar-refractivity contribution in [2.45, 2.75) is 32.9 Å². The van der Waals surface area contributed by atoms with Crippen LogP contribution in [0.15, 0.2) is 24.7 Å². The standard InChI is InChI=1S/C13H19N5/c1-13(2,3)16-9-10-5-6-14-11(17-10)12-15-7-8-18(12)4/h5-8,16H,9H2,1-4H3. The lowest BCUT2D eigenvalue weighted by Crippen LogP contribution is -2.35. The summed E-state index contributed by atoms with van der Waals surface area (Å²) in [6.07, 6.45) is 5.41. The fourth-order valence-corrected chi connectivity index (χ4v) is 1.54. The third-order valence-corrected chi connectivity index (χ3v) is 2.53. The van der Waals surface area contributed by atoms with Gasteiger partial charge in [-0.3, -0.25) is 0 Å². The number of nitrogens with zero attached hydrogens (tertiary/aromatic N) is 4. The first-order valence-electron chi connectivity index (χ1n) is 6.00. The van der Waals surface area contributed by atoms with E-state index in [0.29, 0.717) is 5.82 Å². The summed E-state index contributed by atoms with van der Waals surface area (Å²) in [6, 6.07) is 1.92. The number of nitrogens with one attached hydrogen (secondary N) is 1. The molecule has 5 nitrogen and oxygen atoms in total. The van der Waals surface area contributed by atoms with Crippen molar-refractivity contribution in [3.63, 3.8) is 0 Å². The van der Waals surface area contributed by atoms with E-state index in [0.717, 1.165) is 18.1 Å². The van der Waals surface area contributed by atoms with Gasteiger partial charge in [-0.2, -0.15) is 0 Å². The molecule has 0 aliphatic rings. The molecule has 2 heterocycles. The zero-order chi connectivity index (χ0) is 13.2. The molecule has 2 aromatic rings. The summed E-state index contributed by atoms with van der Waals surface area (Å²) in [5.74, 6) is 1.45. The van der Waals surface area contributed by atoms with Gasteiger partial charge in [0.1, 0.15) is 0 Å². The zero-order valence-electron chi connectivity index (χ0n) is 11.3. The van der Waals surface area contributed by atoms with Gasteiger partial charge in [0, 0.05) is 37.7 Å². The number of aryl methyl sites for hydroxylation is 1. The Morgan fingerprint density at radius 2 is 2.00 bits per heavy atom. The van der Waals surface area contributed by atoms with E-state index >= 15 is 0 Å². The maximum absolute atomic E-state index is 4.52. The summed E-state index contributed by atoms with van der Waals surface area (Å²) in [6.45, 7) is 7.12. The van der Waals surface area contributed by atoms with Gasteiger partial charge in [-0.1, -0.05) is 0 Å². The van der Waals surface area contributed by atoms with Crippen molar-refractivity contribution in [2.24, 2.45) is 7.05 Å². The minimum absolute atomic E-state index is 0.0777. The molecule has 96 valence electrons. The van der Waals surface area contributed by atoms with Crippen molar-refractivity contribution in [1.29, 1.82) is 0 Å². The second kappa shape index (κ2) is 4.86. The van der Waals surface area contributed by atoms with Crippen LogP contribution in [0.25, 0.3) is 11.6 Å². The summed E-state index contributed by atoms with van der Waals surface area (Å²) in [4.78, 5) is 13.0. The number of imidazole rings is 1. The molecule has 0 radical (unpaired) electrons. The third kappa shape index (κ3) is 3.13. The molecule has 1 N–H and O–H groups in total. The largest absolute Gasteiger partial charge is 0.331 e. The highest BCUT2D eigenvalue weighted by Crippen LogP contribution is 2.11. The first-order valence-corrected chi connectivity index (χ1v) is 6.00. The van der Waals surface area contributed by atoms with Gasteiger partial charge in [0.05, 0.1) is 5.69 Å². The van der Waals surface area contributed by atoms with E-state index < -0.39 is 0 Å². The molecular weight excluding hydrogens is 226 g/mol. The van der Waals surface area contributed by atoms with Crippen LogP contribution in [0.5, 0.6) is 0 Å². The predicted octanol–water partition coefficient (Wildman–Crippen LogP) is 1.77. The fraction of sp³-hybridized carbons (Fsp3) is 0.462. The lowest BCUT2D eigenvalue weighted by Gasteiger charge is -2.20. The van der Waals surface area contributed by atoms with Crippen LogP contribution in [0.1, 0.15) is 26.5 Å². The van der Waals surface area contributed by atoms with Crippen LogP contribution in [-0.4, -0.2) is 25.1 Å². The smallest absolute Gasteiger partial charge is 0.196 e. The normalized spacial score (nSPS) is 11.8. The number of aromatic nitrogens is 4. The Bertz CT molecular complexity index is 524. The summed E-state index contributed by atoms with van der Waals surface area (Å²) in [5.41, 5.74) is 1.05. The van der Waals surface area contributed by atoms with Gasteiger partial charge in [0.15, 0.2) is 11.6 Å². The zero-order valence-corrected chi connectivity index (χ0v) is 11.3. The molecule has 0 amide bonds. The van der Waals surface area contributed by atoms with E-state index in [9.17, 15) is 0 Å². The van der Waals surface area contributed by atoms with Crippen molar-refractivity contribution in [3.05, 3.63) is 30.4 Å². The van der Waals surface area contributed by atoms with Gasteiger partial charge in [0.2, 0.25) is 0 Å². The average molecular weight is 245 g/mol. The second-order valence-corrected chi connectivity index (χ2v) is 5.34. The Morgan fingerprint density at radius 1 is 1.22 bits per heavy atom. The molecule has 2 aromatic heterocycles. The molecular formula is C13H19N5. The Balaban J connectivity index is 2.18. The fourth-order valence-electron chi connectivity index (χ4n) is 1.54. The molecule has 0 atom stereocenters. The van der Waals surface area contributed by atoms with Crippen LogP contribution < -0.4 is 5.32 Å². The van der Waals surface area contributed by atoms with Crippen LogP contribution in [0.4, 0.5) is 0 Å². The topological polar surface area (TPSA) is 55.6 Å². The van der Waals surface area contributed by atoms with Crippen molar-refractivity contribution in [2.75, 3.05) is 0 Å². The van der Waals surface area contributed by atoms with Gasteiger partial charge in [-0.15, -0.1) is 0 Å². The summed E-state index contributed by atoms with van der Waals surface area (Å²) >= 11 is 0. The van der Waals surface area contributed by atoms with Crippen molar-refractivity contribution >= 4 is 0 Å². The maximum atomic E-state index is 4.52. The number of hydrogen-bond acceptors (Lipinski definition) is 4. The molecule has 0 saturated carbocycles. The van der Waals surface area contributed by atoms with Crippen molar-refractivity contribution < 1.29 is 0 Å². The van der Waals surface area contributed by atoms with Crippen LogP contribution in [0.2, 0.25) is 0 Å². The third-order valence-electron chi connectivity index (χ3n) is 2.53. The van der Waals surface area contributed by atoms with E-state index in [2.05, 4.69) is 41.0 Å². The average Bonchev–Trinajstić information content (AvgIpc) is 2.72. The number of hydrogen-bond donors (Lipinski definition) is 1. The van der Waals surface area contributed by atoms with Gasteiger partial charge >= 0.3 is 0 Å². The summed E-state index contributed by atoms with van der Waals surface area (Å²) in [5, 5.41) is 3.41. The van der Waals surface area contributed by atoms with Crippen molar-refractivity contribution in [3.8, 4) is 11.6 Å². The summed E-state index contributed by atoms with van der Waals surface area (Å²) in [7, 11) is 1.94. The molecule has 0 bridgehead atoms. The molecule has 0 aliphatic heterocycles. The van der Waals surface area contributed by atoms with E-state index in [1.54, 1.807) is 12.4 Å². The summed E-state index contributed by atoms with van der Waals surface area (Å²) < 4.78 is 1.91. The molecule has 0 saturated heterocycles. The Kier molecular flexibility index (Phi) is 3.43. The SMILES string of the molecule is Cn1ccnc1-c1nccc(CNC(C)(C)C)n1. The molecule has 0 unspecified atom stereocenters.